The summed E-state index contributed by atoms with van der Waals surface area (Å²) in [6.07, 6.45) is 0. The molecule has 3 rings (SSSR count). The van der Waals surface area contributed by atoms with Gasteiger partial charge in [0.25, 0.3) is 0 Å². The van der Waals surface area contributed by atoms with Crippen molar-refractivity contribution in [1.29, 1.82) is 0 Å². The second-order valence-corrected chi connectivity index (χ2v) is 4.34. The molecule has 0 bridgehead atoms. The number of amides is 2. The van der Waals surface area contributed by atoms with Gasteiger partial charge in [-0.25, -0.2) is 4.79 Å². The molecule has 0 aromatic rings. The minimum absolute atomic E-state index is 0.126. The molecule has 3 heterocycles. The second kappa shape index (κ2) is 3.10. The molecule has 3 aliphatic heterocycles. The van der Waals surface area contributed by atoms with Gasteiger partial charge in [0.15, 0.2) is 0 Å². The fourth-order valence-corrected chi connectivity index (χ4v) is 2.49. The van der Waals surface area contributed by atoms with Crippen LogP contribution in [0.15, 0.2) is 0 Å². The number of nitrogens with one attached hydrogen (secondary N) is 2. The Labute approximate surface area is 83.4 Å². The average molecular weight is 196 g/mol. The highest BCUT2D eigenvalue weighted by molar-refractivity contribution is 5.77. The standard InChI is InChI=1S/C9H16N4O/c14-9-11-5-8-6-12(1-2-13(8)9)7-3-10-4-7/h7-8,10H,1-6H2,(H,11,14). The number of piperazine rings is 1. The Kier molecular flexibility index (Phi) is 1.88. The summed E-state index contributed by atoms with van der Waals surface area (Å²) in [5.41, 5.74) is 0. The lowest BCUT2D eigenvalue weighted by Gasteiger charge is -2.44. The van der Waals surface area contributed by atoms with Gasteiger partial charge >= 0.3 is 6.03 Å². The lowest BCUT2D eigenvalue weighted by molar-refractivity contribution is 0.0665. The third-order valence-electron chi connectivity index (χ3n) is 3.54. The summed E-state index contributed by atoms with van der Waals surface area (Å²) in [5.74, 6) is 0. The summed E-state index contributed by atoms with van der Waals surface area (Å²) in [7, 11) is 0. The van der Waals surface area contributed by atoms with E-state index in [1.54, 1.807) is 0 Å². The van der Waals surface area contributed by atoms with Crippen LogP contribution in [0.25, 0.3) is 0 Å². The highest BCUT2D eigenvalue weighted by Crippen LogP contribution is 2.17. The molecule has 0 radical (unpaired) electrons. The van der Waals surface area contributed by atoms with E-state index < -0.39 is 0 Å². The maximum atomic E-state index is 11.4. The number of urea groups is 1. The van der Waals surface area contributed by atoms with Crippen LogP contribution in [-0.4, -0.2) is 67.2 Å². The van der Waals surface area contributed by atoms with Crippen molar-refractivity contribution in [2.75, 3.05) is 39.3 Å². The highest BCUT2D eigenvalue weighted by Gasteiger charge is 2.38. The van der Waals surface area contributed by atoms with Crippen molar-refractivity contribution >= 4 is 6.03 Å². The van der Waals surface area contributed by atoms with Crippen LogP contribution in [0.4, 0.5) is 4.79 Å². The van der Waals surface area contributed by atoms with Gasteiger partial charge in [0.05, 0.1) is 6.04 Å². The average Bonchev–Trinajstić information content (AvgIpc) is 2.45. The van der Waals surface area contributed by atoms with Crippen LogP contribution in [0.1, 0.15) is 0 Å². The summed E-state index contributed by atoms with van der Waals surface area (Å²) in [4.78, 5) is 15.8. The van der Waals surface area contributed by atoms with E-state index in [2.05, 4.69) is 15.5 Å². The van der Waals surface area contributed by atoms with E-state index in [9.17, 15) is 4.79 Å². The Morgan fingerprint density at radius 2 is 2.00 bits per heavy atom. The molecule has 3 aliphatic rings. The molecule has 1 atom stereocenters. The lowest BCUT2D eigenvalue weighted by Crippen LogP contribution is -2.63. The van der Waals surface area contributed by atoms with E-state index in [0.717, 1.165) is 39.3 Å². The molecule has 2 N–H and O–H groups in total. The van der Waals surface area contributed by atoms with Crippen molar-refractivity contribution in [2.24, 2.45) is 0 Å². The molecular formula is C9H16N4O. The summed E-state index contributed by atoms with van der Waals surface area (Å²) in [5, 5.41) is 6.19. The fraction of sp³-hybridized carbons (Fsp3) is 0.889. The number of rotatable bonds is 1. The van der Waals surface area contributed by atoms with Crippen molar-refractivity contribution < 1.29 is 4.79 Å². The molecule has 78 valence electrons. The van der Waals surface area contributed by atoms with Gasteiger partial charge in [0.1, 0.15) is 0 Å². The van der Waals surface area contributed by atoms with E-state index in [-0.39, 0.29) is 6.03 Å². The zero-order chi connectivity index (χ0) is 9.54. The molecule has 0 aromatic heterocycles. The van der Waals surface area contributed by atoms with Crippen molar-refractivity contribution in [3.8, 4) is 0 Å². The third-order valence-corrected chi connectivity index (χ3v) is 3.54. The van der Waals surface area contributed by atoms with Gasteiger partial charge in [-0.15, -0.1) is 0 Å². The molecule has 0 spiro atoms. The van der Waals surface area contributed by atoms with Gasteiger partial charge in [-0.1, -0.05) is 0 Å². The molecule has 2 amide bonds. The number of fused-ring (bicyclic) bond motifs is 1. The minimum Gasteiger partial charge on any atom is -0.336 e. The molecule has 5 heteroatoms. The number of nitrogens with zero attached hydrogens (tertiary/aromatic N) is 2. The van der Waals surface area contributed by atoms with Crippen LogP contribution < -0.4 is 10.6 Å². The van der Waals surface area contributed by atoms with Crippen molar-refractivity contribution in [3.63, 3.8) is 0 Å². The van der Waals surface area contributed by atoms with Gasteiger partial charge in [0, 0.05) is 45.3 Å². The first kappa shape index (κ1) is 8.49. The maximum absolute atomic E-state index is 11.4. The van der Waals surface area contributed by atoms with E-state index in [1.165, 1.54) is 0 Å². The molecule has 3 fully saturated rings. The van der Waals surface area contributed by atoms with Crippen LogP contribution in [0.3, 0.4) is 0 Å². The van der Waals surface area contributed by atoms with Gasteiger partial charge in [-0.05, 0) is 0 Å². The van der Waals surface area contributed by atoms with Gasteiger partial charge in [-0.2, -0.15) is 0 Å². The molecule has 14 heavy (non-hydrogen) atoms. The maximum Gasteiger partial charge on any atom is 0.317 e. The van der Waals surface area contributed by atoms with Crippen LogP contribution in [0.5, 0.6) is 0 Å². The highest BCUT2D eigenvalue weighted by atomic mass is 16.2. The molecule has 0 aromatic carbocycles. The first-order valence-corrected chi connectivity index (χ1v) is 5.34. The Morgan fingerprint density at radius 3 is 2.71 bits per heavy atom. The van der Waals surface area contributed by atoms with Crippen LogP contribution in [0.2, 0.25) is 0 Å². The van der Waals surface area contributed by atoms with E-state index in [4.69, 9.17) is 0 Å². The van der Waals surface area contributed by atoms with Crippen molar-refractivity contribution in [1.82, 2.24) is 20.4 Å². The van der Waals surface area contributed by atoms with E-state index >= 15 is 0 Å². The number of hydrogen-bond donors (Lipinski definition) is 2. The minimum atomic E-state index is 0.126. The number of carbonyl (C=O) groups excluding carboxylic acids is 1. The van der Waals surface area contributed by atoms with E-state index in [0.29, 0.717) is 12.1 Å². The molecule has 5 nitrogen and oxygen atoms in total. The first-order valence-electron chi connectivity index (χ1n) is 5.34. The largest absolute Gasteiger partial charge is 0.336 e. The summed E-state index contributed by atoms with van der Waals surface area (Å²) >= 11 is 0. The third kappa shape index (κ3) is 1.19. The Balaban J connectivity index is 1.64. The Morgan fingerprint density at radius 1 is 1.14 bits per heavy atom. The van der Waals surface area contributed by atoms with Gasteiger partial charge in [0.2, 0.25) is 0 Å². The summed E-state index contributed by atoms with van der Waals surface area (Å²) in [6.45, 7) is 6.05. The molecule has 0 saturated carbocycles. The SMILES string of the molecule is O=C1NCC2CN(C3CNC3)CCN12. The predicted octanol–water partition coefficient (Wildman–Crippen LogP) is -1.33. The van der Waals surface area contributed by atoms with Gasteiger partial charge in [-0.3, -0.25) is 4.90 Å². The quantitative estimate of drug-likeness (QED) is 0.546. The smallest absolute Gasteiger partial charge is 0.317 e. The molecule has 0 aliphatic carbocycles. The van der Waals surface area contributed by atoms with Crippen LogP contribution >= 0.6 is 0 Å². The molecule has 1 unspecified atom stereocenters. The first-order chi connectivity index (χ1) is 6.84. The number of hydrogen-bond acceptors (Lipinski definition) is 3. The normalized spacial score (nSPS) is 33.9. The van der Waals surface area contributed by atoms with Crippen molar-refractivity contribution in [2.45, 2.75) is 12.1 Å². The summed E-state index contributed by atoms with van der Waals surface area (Å²) < 4.78 is 0. The lowest BCUT2D eigenvalue weighted by atomic mass is 10.1. The Bertz CT molecular complexity index is 253. The summed E-state index contributed by atoms with van der Waals surface area (Å²) in [6, 6.07) is 1.26. The molecule has 3 saturated heterocycles. The van der Waals surface area contributed by atoms with Crippen molar-refractivity contribution in [3.05, 3.63) is 0 Å². The van der Waals surface area contributed by atoms with Crippen LogP contribution in [-0.2, 0) is 0 Å². The zero-order valence-electron chi connectivity index (χ0n) is 8.20. The number of carbonyl (C=O) groups is 1. The molecular weight excluding hydrogens is 180 g/mol. The van der Waals surface area contributed by atoms with Crippen LogP contribution in [0, 0.1) is 0 Å². The predicted molar refractivity (Wildman–Crippen MR) is 52.1 cm³/mol. The fourth-order valence-electron chi connectivity index (χ4n) is 2.49. The van der Waals surface area contributed by atoms with E-state index in [1.807, 2.05) is 4.90 Å². The van der Waals surface area contributed by atoms with Gasteiger partial charge < -0.3 is 15.5 Å². The second-order valence-electron chi connectivity index (χ2n) is 4.34. The topological polar surface area (TPSA) is 47.6 Å². The zero-order valence-corrected chi connectivity index (χ0v) is 8.20. The monoisotopic (exact) mass is 196 g/mol. The Hall–Kier alpha value is -0.810.